The van der Waals surface area contributed by atoms with E-state index in [1.54, 1.807) is 4.31 Å². The summed E-state index contributed by atoms with van der Waals surface area (Å²) in [6.07, 6.45) is 8.73. The smallest absolute Gasteiger partial charge is 0.282 e. The first-order valence-corrected chi connectivity index (χ1v) is 20.3. The Morgan fingerprint density at radius 1 is 0.812 bits per heavy atom. The summed E-state index contributed by atoms with van der Waals surface area (Å²) in [5.74, 6) is 1.95. The molecule has 1 unspecified atom stereocenters. The Hall–Kier alpha value is -2.35. The first kappa shape index (κ1) is 35.5. The monoisotopic (exact) mass is 696 g/mol. The summed E-state index contributed by atoms with van der Waals surface area (Å²) in [5, 5.41) is 8.74. The number of hydrogen-bond acceptors (Lipinski definition) is 8. The average Bonchev–Trinajstić information content (AvgIpc) is 3.52. The Balaban J connectivity index is 1.15. The van der Waals surface area contributed by atoms with Crippen LogP contribution in [0.4, 0.5) is 11.5 Å². The van der Waals surface area contributed by atoms with Crippen molar-refractivity contribution in [3.63, 3.8) is 0 Å². The summed E-state index contributed by atoms with van der Waals surface area (Å²) in [7, 11) is 0.529. The van der Waals surface area contributed by atoms with E-state index < -0.39 is 10.2 Å². The number of aromatic nitrogens is 2. The fourth-order valence-electron chi connectivity index (χ4n) is 7.64. The lowest BCUT2D eigenvalue weighted by Gasteiger charge is -2.38. The van der Waals surface area contributed by atoms with Crippen LogP contribution < -0.4 is 9.80 Å². The summed E-state index contributed by atoms with van der Waals surface area (Å²) in [4.78, 5) is 8.24. The molecular weight excluding hydrogens is 641 g/mol. The molecular formula is C36H56N8O2S2. The van der Waals surface area contributed by atoms with Gasteiger partial charge in [0.1, 0.15) is 5.82 Å². The van der Waals surface area contributed by atoms with E-state index in [0.717, 1.165) is 68.2 Å². The van der Waals surface area contributed by atoms with Gasteiger partial charge in [-0.1, -0.05) is 38.3 Å². The lowest BCUT2D eigenvalue weighted by molar-refractivity contribution is 0.181. The lowest BCUT2D eigenvalue weighted by atomic mass is 9.89. The van der Waals surface area contributed by atoms with Crippen LogP contribution in [0, 0.1) is 11.8 Å². The van der Waals surface area contributed by atoms with Gasteiger partial charge in [-0.3, -0.25) is 5.10 Å². The first-order chi connectivity index (χ1) is 23.3. The number of hydrogen-bond donors (Lipinski definition) is 1. The van der Waals surface area contributed by atoms with Crippen LogP contribution in [-0.4, -0.2) is 123 Å². The van der Waals surface area contributed by atoms with Gasteiger partial charge in [-0.25, -0.2) is 4.31 Å². The van der Waals surface area contributed by atoms with Gasteiger partial charge in [0.05, 0.1) is 5.52 Å². The van der Waals surface area contributed by atoms with Crippen molar-refractivity contribution >= 4 is 44.6 Å². The molecule has 2 saturated heterocycles. The van der Waals surface area contributed by atoms with Crippen LogP contribution in [0.3, 0.4) is 0 Å². The first-order valence-electron chi connectivity index (χ1n) is 18.1. The van der Waals surface area contributed by atoms with Gasteiger partial charge in [0.15, 0.2) is 0 Å². The molecule has 6 rings (SSSR count). The van der Waals surface area contributed by atoms with Crippen LogP contribution in [0.25, 0.3) is 10.9 Å². The Labute approximate surface area is 293 Å². The predicted octanol–water partition coefficient (Wildman–Crippen LogP) is 5.62. The van der Waals surface area contributed by atoms with E-state index in [4.69, 9.17) is 0 Å². The molecule has 0 bridgehead atoms. The molecule has 2 aliphatic heterocycles. The topological polar surface area (TPSA) is 82.3 Å². The summed E-state index contributed by atoms with van der Waals surface area (Å²) in [6.45, 7) is 10.5. The Morgan fingerprint density at radius 3 is 2.25 bits per heavy atom. The number of rotatable bonds is 8. The number of fused-ring (bicyclic) bond motifs is 1. The van der Waals surface area contributed by atoms with Crippen molar-refractivity contribution in [1.29, 1.82) is 0 Å². The van der Waals surface area contributed by atoms with Crippen LogP contribution >= 0.6 is 11.9 Å². The summed E-state index contributed by atoms with van der Waals surface area (Å²) >= 11 is 1.82. The van der Waals surface area contributed by atoms with E-state index in [2.05, 4.69) is 80.6 Å². The number of para-hydroxylation sites is 1. The fourth-order valence-corrected chi connectivity index (χ4v) is 10.5. The Kier molecular flexibility index (Phi) is 12.2. The minimum Gasteiger partial charge on any atom is -0.378 e. The zero-order chi connectivity index (χ0) is 33.5. The molecule has 3 aliphatic rings. The SMILES string of the molecule is CC1CN(Sc2ccc(N(C)C)cc2)CCCN(CC2CCCCC2)CCCN(S(=O)(=O)N2CCN(c3[nH]nc4ccccc34)CC2)C1. The maximum absolute atomic E-state index is 14.3. The fraction of sp³-hybridized carbons (Fsp3) is 0.639. The second-order valence-corrected chi connectivity index (χ2v) is 17.4. The summed E-state index contributed by atoms with van der Waals surface area (Å²) in [6, 6.07) is 16.9. The number of anilines is 2. The van der Waals surface area contributed by atoms with E-state index in [1.807, 2.05) is 34.5 Å². The summed E-state index contributed by atoms with van der Waals surface area (Å²) < 4.78 is 34.7. The molecule has 0 radical (unpaired) electrons. The molecule has 3 fully saturated rings. The van der Waals surface area contributed by atoms with E-state index >= 15 is 0 Å². The van der Waals surface area contributed by atoms with Gasteiger partial charge in [0.25, 0.3) is 10.2 Å². The maximum Gasteiger partial charge on any atom is 0.282 e. The van der Waals surface area contributed by atoms with Crippen molar-refractivity contribution in [2.45, 2.75) is 56.8 Å². The zero-order valence-electron chi connectivity index (χ0n) is 29.3. The predicted molar refractivity (Wildman–Crippen MR) is 200 cm³/mol. The highest BCUT2D eigenvalue weighted by Gasteiger charge is 2.34. The second kappa shape index (κ2) is 16.6. The van der Waals surface area contributed by atoms with Gasteiger partial charge >= 0.3 is 0 Å². The third-order valence-corrected chi connectivity index (χ3v) is 13.3. The van der Waals surface area contributed by atoms with Crippen molar-refractivity contribution in [2.75, 3.05) is 95.9 Å². The van der Waals surface area contributed by atoms with E-state index in [9.17, 15) is 8.42 Å². The minimum atomic E-state index is -3.61. The van der Waals surface area contributed by atoms with Crippen LogP contribution in [0.2, 0.25) is 0 Å². The Morgan fingerprint density at radius 2 is 1.52 bits per heavy atom. The minimum absolute atomic E-state index is 0.198. The van der Waals surface area contributed by atoms with Crippen LogP contribution in [0.1, 0.15) is 51.9 Å². The Bertz CT molecular complexity index is 1530. The molecule has 48 heavy (non-hydrogen) atoms. The number of piperazine rings is 1. The van der Waals surface area contributed by atoms with Crippen LogP contribution in [0.5, 0.6) is 0 Å². The van der Waals surface area contributed by atoms with Gasteiger partial charge in [0.2, 0.25) is 0 Å². The number of aromatic amines is 1. The average molecular weight is 697 g/mol. The molecule has 1 atom stereocenters. The molecule has 3 heterocycles. The maximum atomic E-state index is 14.3. The third-order valence-electron chi connectivity index (χ3n) is 10.3. The van der Waals surface area contributed by atoms with E-state index in [1.165, 1.54) is 42.7 Å². The molecule has 1 N–H and O–H groups in total. The number of benzene rings is 2. The van der Waals surface area contributed by atoms with Crippen LogP contribution in [-0.2, 0) is 10.2 Å². The van der Waals surface area contributed by atoms with Crippen molar-refractivity contribution < 1.29 is 8.42 Å². The van der Waals surface area contributed by atoms with E-state index in [0.29, 0.717) is 39.3 Å². The van der Waals surface area contributed by atoms with Crippen molar-refractivity contribution in [2.24, 2.45) is 11.8 Å². The van der Waals surface area contributed by atoms with Gasteiger partial charge in [-0.05, 0) is 99.0 Å². The molecule has 1 saturated carbocycles. The standard InChI is InChI=1S/C36H56N8O2S2/c1-30-27-42(47-33-17-15-32(16-18-33)39(2)3)21-9-19-40(29-31-11-5-4-6-12-31)20-10-22-44(28-30)48(45,46)43-25-23-41(24-26-43)36-34-13-7-8-14-35(34)37-38-36/h7-8,13-18,30-31H,4-6,9-12,19-29H2,1-3H3,(H,37,38). The molecule has 1 aliphatic carbocycles. The zero-order valence-corrected chi connectivity index (χ0v) is 30.9. The molecule has 0 spiro atoms. The number of nitrogens with zero attached hydrogens (tertiary/aromatic N) is 7. The third kappa shape index (κ3) is 9.05. The molecule has 264 valence electrons. The molecule has 2 aromatic carbocycles. The second-order valence-electron chi connectivity index (χ2n) is 14.3. The lowest BCUT2D eigenvalue weighted by Crippen LogP contribution is -2.54. The molecule has 1 aromatic heterocycles. The van der Waals surface area contributed by atoms with Crippen LogP contribution in [0.15, 0.2) is 53.4 Å². The quantitative estimate of drug-likeness (QED) is 0.304. The molecule has 12 heteroatoms. The number of nitrogens with one attached hydrogen (secondary N) is 1. The molecule has 0 amide bonds. The van der Waals surface area contributed by atoms with Crippen molar-refractivity contribution in [3.8, 4) is 0 Å². The normalized spacial score (nSPS) is 22.8. The van der Waals surface area contributed by atoms with Gasteiger partial charge in [0, 0.05) is 89.0 Å². The van der Waals surface area contributed by atoms with E-state index in [-0.39, 0.29) is 5.92 Å². The highest BCUT2D eigenvalue weighted by Crippen LogP contribution is 2.29. The van der Waals surface area contributed by atoms with Gasteiger partial charge < -0.3 is 14.7 Å². The molecule has 10 nitrogen and oxygen atoms in total. The van der Waals surface area contributed by atoms with Gasteiger partial charge in [-0.15, -0.1) is 0 Å². The summed E-state index contributed by atoms with van der Waals surface area (Å²) in [5.41, 5.74) is 2.13. The molecule has 3 aromatic rings. The number of H-pyrrole nitrogens is 1. The van der Waals surface area contributed by atoms with Crippen molar-refractivity contribution in [3.05, 3.63) is 48.5 Å². The largest absolute Gasteiger partial charge is 0.378 e. The van der Waals surface area contributed by atoms with Gasteiger partial charge in [-0.2, -0.15) is 22.1 Å². The highest BCUT2D eigenvalue weighted by molar-refractivity contribution is 7.97. The van der Waals surface area contributed by atoms with Crippen molar-refractivity contribution in [1.82, 2.24) is 28.0 Å². The highest BCUT2D eigenvalue weighted by atomic mass is 32.2.